The van der Waals surface area contributed by atoms with Crippen molar-refractivity contribution in [3.63, 3.8) is 0 Å². The second-order valence-electron chi connectivity index (χ2n) is 8.52. The van der Waals surface area contributed by atoms with E-state index in [1.807, 2.05) is 64.1 Å². The second kappa shape index (κ2) is 11.5. The first-order valence-corrected chi connectivity index (χ1v) is 11.3. The van der Waals surface area contributed by atoms with Crippen molar-refractivity contribution in [2.45, 2.75) is 34.2 Å². The summed E-state index contributed by atoms with van der Waals surface area (Å²) in [5.74, 6) is -0.799. The van der Waals surface area contributed by atoms with Crippen molar-refractivity contribution < 1.29 is 23.5 Å². The number of ether oxygens (including phenoxy) is 1. The summed E-state index contributed by atoms with van der Waals surface area (Å²) in [6.07, 6.45) is 1.38. The topological polar surface area (TPSA) is 101 Å². The standard InChI is InChI=1S/C27H31N3O5/c1-17-8-6-9-18(2)25(17)28-23(31)15-30(14-22-21(12-13-35-22)27(33)34-5)16-24(32)29-26-19(3)10-7-11-20(26)4/h6-13H,14-16H2,1-5H3,(H,28,31)(H,29,32). The number of hydrogen-bond acceptors (Lipinski definition) is 6. The van der Waals surface area contributed by atoms with Crippen LogP contribution in [0.3, 0.4) is 0 Å². The maximum Gasteiger partial charge on any atom is 0.341 e. The van der Waals surface area contributed by atoms with Crippen LogP contribution in [0.4, 0.5) is 11.4 Å². The van der Waals surface area contributed by atoms with Crippen LogP contribution in [0.2, 0.25) is 0 Å². The number of carbonyl (C=O) groups is 3. The number of methoxy groups -OCH3 is 1. The fourth-order valence-electron chi connectivity index (χ4n) is 3.91. The van der Waals surface area contributed by atoms with Crippen LogP contribution in [0.5, 0.6) is 0 Å². The van der Waals surface area contributed by atoms with E-state index in [1.165, 1.54) is 19.4 Å². The fourth-order valence-corrected chi connectivity index (χ4v) is 3.91. The van der Waals surface area contributed by atoms with Gasteiger partial charge in [-0.3, -0.25) is 14.5 Å². The van der Waals surface area contributed by atoms with Crippen LogP contribution in [0.1, 0.15) is 38.4 Å². The van der Waals surface area contributed by atoms with Crippen molar-refractivity contribution in [3.05, 3.63) is 82.3 Å². The Hall–Kier alpha value is -3.91. The van der Waals surface area contributed by atoms with Crippen molar-refractivity contribution in [1.82, 2.24) is 4.90 Å². The number of esters is 1. The Morgan fingerprint density at radius 2 is 1.26 bits per heavy atom. The molecule has 35 heavy (non-hydrogen) atoms. The van der Waals surface area contributed by atoms with Gasteiger partial charge in [-0.2, -0.15) is 0 Å². The Labute approximate surface area is 205 Å². The smallest absolute Gasteiger partial charge is 0.341 e. The minimum atomic E-state index is -0.548. The van der Waals surface area contributed by atoms with E-state index >= 15 is 0 Å². The number of anilines is 2. The van der Waals surface area contributed by atoms with E-state index in [0.717, 1.165) is 33.6 Å². The molecule has 3 rings (SSSR count). The third kappa shape index (κ3) is 6.58. The van der Waals surface area contributed by atoms with Gasteiger partial charge >= 0.3 is 5.97 Å². The Morgan fingerprint density at radius 3 is 1.69 bits per heavy atom. The zero-order valence-electron chi connectivity index (χ0n) is 20.7. The van der Waals surface area contributed by atoms with Gasteiger partial charge in [-0.25, -0.2) is 4.79 Å². The van der Waals surface area contributed by atoms with E-state index in [1.54, 1.807) is 4.90 Å². The van der Waals surface area contributed by atoms with E-state index in [4.69, 9.17) is 9.15 Å². The molecular formula is C27H31N3O5. The van der Waals surface area contributed by atoms with Crippen molar-refractivity contribution in [2.75, 3.05) is 30.8 Å². The van der Waals surface area contributed by atoms with Gasteiger partial charge in [0.25, 0.3) is 0 Å². The summed E-state index contributed by atoms with van der Waals surface area (Å²) in [6.45, 7) is 7.57. The Morgan fingerprint density at radius 1 is 0.800 bits per heavy atom. The number of para-hydroxylation sites is 2. The summed E-state index contributed by atoms with van der Waals surface area (Å²) in [5, 5.41) is 5.89. The minimum Gasteiger partial charge on any atom is -0.467 e. The summed E-state index contributed by atoms with van der Waals surface area (Å²) in [7, 11) is 1.28. The zero-order chi connectivity index (χ0) is 25.5. The number of benzene rings is 2. The molecule has 8 nitrogen and oxygen atoms in total. The van der Waals surface area contributed by atoms with Gasteiger partial charge in [0.1, 0.15) is 11.3 Å². The summed E-state index contributed by atoms with van der Waals surface area (Å²) in [6, 6.07) is 13.0. The van der Waals surface area contributed by atoms with Crippen LogP contribution < -0.4 is 10.6 Å². The number of furan rings is 1. The molecule has 0 spiro atoms. The molecule has 0 aliphatic heterocycles. The first-order chi connectivity index (χ1) is 16.7. The lowest BCUT2D eigenvalue weighted by atomic mass is 10.1. The Bertz CT molecular complexity index is 1120. The molecule has 0 atom stereocenters. The highest BCUT2D eigenvalue weighted by Gasteiger charge is 2.22. The molecule has 184 valence electrons. The van der Waals surface area contributed by atoms with Gasteiger partial charge in [0.2, 0.25) is 11.8 Å². The molecule has 0 saturated carbocycles. The van der Waals surface area contributed by atoms with Gasteiger partial charge < -0.3 is 19.8 Å². The molecule has 0 saturated heterocycles. The largest absolute Gasteiger partial charge is 0.467 e. The SMILES string of the molecule is COC(=O)c1ccoc1CN(CC(=O)Nc1c(C)cccc1C)CC(=O)Nc1c(C)cccc1C. The van der Waals surface area contributed by atoms with Gasteiger partial charge in [-0.15, -0.1) is 0 Å². The monoisotopic (exact) mass is 477 g/mol. The van der Waals surface area contributed by atoms with Crippen molar-refractivity contribution in [1.29, 1.82) is 0 Å². The average molecular weight is 478 g/mol. The minimum absolute atomic E-state index is 0.0672. The zero-order valence-corrected chi connectivity index (χ0v) is 20.7. The molecule has 2 amide bonds. The molecular weight excluding hydrogens is 446 g/mol. The predicted octanol–water partition coefficient (Wildman–Crippen LogP) is 4.38. The lowest BCUT2D eigenvalue weighted by Crippen LogP contribution is -2.39. The third-order valence-electron chi connectivity index (χ3n) is 5.74. The molecule has 0 aliphatic rings. The highest BCUT2D eigenvalue weighted by atomic mass is 16.5. The summed E-state index contributed by atoms with van der Waals surface area (Å²) < 4.78 is 10.3. The van der Waals surface area contributed by atoms with E-state index in [0.29, 0.717) is 5.76 Å². The van der Waals surface area contributed by atoms with E-state index in [2.05, 4.69) is 10.6 Å². The van der Waals surface area contributed by atoms with E-state index in [-0.39, 0.29) is 37.0 Å². The van der Waals surface area contributed by atoms with Crippen LogP contribution in [0.15, 0.2) is 53.1 Å². The van der Waals surface area contributed by atoms with Gasteiger partial charge in [-0.1, -0.05) is 36.4 Å². The number of aryl methyl sites for hydroxylation is 4. The molecule has 1 aromatic heterocycles. The Kier molecular flexibility index (Phi) is 8.43. The number of rotatable bonds is 9. The maximum atomic E-state index is 13.0. The molecule has 1 heterocycles. The van der Waals surface area contributed by atoms with Crippen molar-refractivity contribution in [3.8, 4) is 0 Å². The summed E-state index contributed by atoms with van der Waals surface area (Å²) in [5.41, 5.74) is 5.50. The number of carbonyl (C=O) groups excluding carboxylic acids is 3. The van der Waals surface area contributed by atoms with Crippen molar-refractivity contribution in [2.24, 2.45) is 0 Å². The lowest BCUT2D eigenvalue weighted by Gasteiger charge is -2.22. The molecule has 2 aromatic carbocycles. The summed E-state index contributed by atoms with van der Waals surface area (Å²) >= 11 is 0. The average Bonchev–Trinajstić information content (AvgIpc) is 3.26. The molecule has 2 N–H and O–H groups in total. The molecule has 0 aliphatic carbocycles. The highest BCUT2D eigenvalue weighted by Crippen LogP contribution is 2.21. The molecule has 0 unspecified atom stereocenters. The van der Waals surface area contributed by atoms with E-state index in [9.17, 15) is 14.4 Å². The molecule has 8 heteroatoms. The lowest BCUT2D eigenvalue weighted by molar-refractivity contribution is -0.120. The molecule has 3 aromatic rings. The number of hydrogen-bond donors (Lipinski definition) is 2. The Balaban J connectivity index is 1.80. The first kappa shape index (κ1) is 25.7. The third-order valence-corrected chi connectivity index (χ3v) is 5.74. The molecule has 0 radical (unpaired) electrons. The van der Waals surface area contributed by atoms with Crippen molar-refractivity contribution >= 4 is 29.2 Å². The highest BCUT2D eigenvalue weighted by molar-refractivity contribution is 5.96. The quantitative estimate of drug-likeness (QED) is 0.444. The van der Waals surface area contributed by atoms with Gasteiger partial charge in [0.05, 0.1) is 33.0 Å². The van der Waals surface area contributed by atoms with Crippen LogP contribution in [0.25, 0.3) is 0 Å². The number of nitrogens with zero attached hydrogens (tertiary/aromatic N) is 1. The first-order valence-electron chi connectivity index (χ1n) is 11.3. The number of amides is 2. The molecule has 0 fully saturated rings. The number of nitrogens with one attached hydrogen (secondary N) is 2. The molecule has 0 bridgehead atoms. The maximum absolute atomic E-state index is 13.0. The van der Waals surface area contributed by atoms with Crippen LogP contribution in [0, 0.1) is 27.7 Å². The van der Waals surface area contributed by atoms with E-state index < -0.39 is 5.97 Å². The fraction of sp³-hybridized carbons (Fsp3) is 0.296. The van der Waals surface area contributed by atoms with Crippen LogP contribution >= 0.6 is 0 Å². The normalized spacial score (nSPS) is 10.8. The second-order valence-corrected chi connectivity index (χ2v) is 8.52. The predicted molar refractivity (Wildman–Crippen MR) is 134 cm³/mol. The van der Waals surface area contributed by atoms with Gasteiger partial charge in [0.15, 0.2) is 0 Å². The van der Waals surface area contributed by atoms with Gasteiger partial charge in [0, 0.05) is 11.4 Å². The van der Waals surface area contributed by atoms with Crippen LogP contribution in [-0.4, -0.2) is 42.9 Å². The van der Waals surface area contributed by atoms with Crippen LogP contribution in [-0.2, 0) is 20.9 Å². The summed E-state index contributed by atoms with van der Waals surface area (Å²) in [4.78, 5) is 39.7. The van der Waals surface area contributed by atoms with Gasteiger partial charge in [-0.05, 0) is 56.0 Å².